The zero-order chi connectivity index (χ0) is 11.7. The first-order valence-corrected chi connectivity index (χ1v) is 5.67. The van der Waals surface area contributed by atoms with E-state index in [1.54, 1.807) is 12.4 Å². The molecule has 0 bridgehead atoms. The Hall–Kier alpha value is -1.95. The van der Waals surface area contributed by atoms with Gasteiger partial charge in [0.05, 0.1) is 5.52 Å². The quantitative estimate of drug-likeness (QED) is 0.718. The standard InChI is InChI=1S/C11H14N6/c12-11-10-8(14-1-2-15-10)7-9(16-11)17-5-3-13-4-6-17/h1-2,7,13H,3-6H2,(H2,12,16). The number of nitrogens with zero attached hydrogens (tertiary/aromatic N) is 4. The van der Waals surface area contributed by atoms with Crippen LogP contribution in [0.2, 0.25) is 0 Å². The molecule has 3 heterocycles. The van der Waals surface area contributed by atoms with Crippen LogP contribution >= 0.6 is 0 Å². The Morgan fingerprint density at radius 1 is 1.18 bits per heavy atom. The number of fused-ring (bicyclic) bond motifs is 1. The molecule has 3 rings (SSSR count). The normalized spacial score (nSPS) is 16.4. The van der Waals surface area contributed by atoms with E-state index in [4.69, 9.17) is 5.73 Å². The van der Waals surface area contributed by atoms with E-state index < -0.39 is 0 Å². The number of aromatic nitrogens is 3. The molecule has 0 saturated carbocycles. The van der Waals surface area contributed by atoms with Crippen LogP contribution in [0.25, 0.3) is 11.0 Å². The van der Waals surface area contributed by atoms with Gasteiger partial charge in [-0.2, -0.15) is 0 Å². The second-order valence-electron chi connectivity index (χ2n) is 4.03. The molecule has 0 aliphatic carbocycles. The van der Waals surface area contributed by atoms with Crippen molar-refractivity contribution in [2.75, 3.05) is 36.8 Å². The van der Waals surface area contributed by atoms with Crippen LogP contribution in [-0.2, 0) is 0 Å². The van der Waals surface area contributed by atoms with Crippen molar-refractivity contribution in [1.29, 1.82) is 0 Å². The summed E-state index contributed by atoms with van der Waals surface area (Å²) < 4.78 is 0. The summed E-state index contributed by atoms with van der Waals surface area (Å²) in [5.74, 6) is 1.33. The van der Waals surface area contributed by atoms with Crippen molar-refractivity contribution in [2.45, 2.75) is 0 Å². The molecule has 17 heavy (non-hydrogen) atoms. The number of hydrogen-bond donors (Lipinski definition) is 2. The van der Waals surface area contributed by atoms with Crippen LogP contribution in [0.3, 0.4) is 0 Å². The molecule has 1 fully saturated rings. The lowest BCUT2D eigenvalue weighted by atomic mass is 10.3. The van der Waals surface area contributed by atoms with Crippen LogP contribution in [0, 0.1) is 0 Å². The Kier molecular flexibility index (Phi) is 2.49. The number of nitrogen functional groups attached to an aromatic ring is 1. The van der Waals surface area contributed by atoms with Gasteiger partial charge in [-0.3, -0.25) is 4.98 Å². The summed E-state index contributed by atoms with van der Waals surface area (Å²) >= 11 is 0. The lowest BCUT2D eigenvalue weighted by Gasteiger charge is -2.28. The molecule has 0 radical (unpaired) electrons. The third-order valence-electron chi connectivity index (χ3n) is 2.91. The molecule has 6 nitrogen and oxygen atoms in total. The minimum Gasteiger partial charge on any atom is -0.382 e. The monoisotopic (exact) mass is 230 g/mol. The van der Waals surface area contributed by atoms with Gasteiger partial charge in [-0.1, -0.05) is 0 Å². The van der Waals surface area contributed by atoms with E-state index in [1.165, 1.54) is 0 Å². The Labute approximate surface area is 98.9 Å². The molecular weight excluding hydrogens is 216 g/mol. The fraction of sp³-hybridized carbons (Fsp3) is 0.364. The third-order valence-corrected chi connectivity index (χ3v) is 2.91. The molecule has 1 aliphatic rings. The van der Waals surface area contributed by atoms with Crippen LogP contribution in [0.15, 0.2) is 18.5 Å². The van der Waals surface area contributed by atoms with Crippen LogP contribution in [0.5, 0.6) is 0 Å². The summed E-state index contributed by atoms with van der Waals surface area (Å²) in [5.41, 5.74) is 7.38. The zero-order valence-electron chi connectivity index (χ0n) is 9.43. The highest BCUT2D eigenvalue weighted by molar-refractivity contribution is 5.86. The highest BCUT2D eigenvalue weighted by Gasteiger charge is 2.14. The van der Waals surface area contributed by atoms with Gasteiger partial charge >= 0.3 is 0 Å². The highest BCUT2D eigenvalue weighted by atomic mass is 15.2. The first-order valence-electron chi connectivity index (χ1n) is 5.67. The summed E-state index contributed by atoms with van der Waals surface area (Å²) in [6, 6.07) is 1.95. The molecule has 0 aromatic carbocycles. The molecule has 6 heteroatoms. The number of pyridine rings is 1. The number of hydrogen-bond acceptors (Lipinski definition) is 6. The molecule has 2 aromatic rings. The van der Waals surface area contributed by atoms with E-state index >= 15 is 0 Å². The molecule has 1 saturated heterocycles. The molecule has 3 N–H and O–H groups in total. The van der Waals surface area contributed by atoms with Gasteiger partial charge < -0.3 is 16.0 Å². The van der Waals surface area contributed by atoms with E-state index in [0.717, 1.165) is 37.5 Å². The van der Waals surface area contributed by atoms with Crippen molar-refractivity contribution in [3.63, 3.8) is 0 Å². The van der Waals surface area contributed by atoms with Gasteiger partial charge in [-0.05, 0) is 0 Å². The van der Waals surface area contributed by atoms with Crippen molar-refractivity contribution in [1.82, 2.24) is 20.3 Å². The first-order chi connectivity index (χ1) is 8.34. The van der Waals surface area contributed by atoms with Crippen molar-refractivity contribution < 1.29 is 0 Å². The van der Waals surface area contributed by atoms with Gasteiger partial charge in [0.1, 0.15) is 11.3 Å². The molecule has 2 aromatic heterocycles. The van der Waals surface area contributed by atoms with Crippen molar-refractivity contribution in [2.24, 2.45) is 0 Å². The van der Waals surface area contributed by atoms with Crippen molar-refractivity contribution in [3.8, 4) is 0 Å². The summed E-state index contributed by atoms with van der Waals surface area (Å²) in [4.78, 5) is 15.1. The number of nitrogens with one attached hydrogen (secondary N) is 1. The van der Waals surface area contributed by atoms with E-state index in [1.807, 2.05) is 6.07 Å². The number of anilines is 2. The lowest BCUT2D eigenvalue weighted by molar-refractivity contribution is 0.585. The van der Waals surface area contributed by atoms with Crippen LogP contribution in [0.1, 0.15) is 0 Å². The molecule has 0 unspecified atom stereocenters. The van der Waals surface area contributed by atoms with E-state index in [0.29, 0.717) is 11.3 Å². The molecule has 0 atom stereocenters. The second kappa shape index (κ2) is 4.14. The fourth-order valence-electron chi connectivity index (χ4n) is 2.04. The van der Waals surface area contributed by atoms with Gasteiger partial charge in [-0.15, -0.1) is 0 Å². The van der Waals surface area contributed by atoms with Crippen LogP contribution in [0.4, 0.5) is 11.6 Å². The van der Waals surface area contributed by atoms with Gasteiger partial charge in [0.15, 0.2) is 5.82 Å². The predicted molar refractivity (Wildman–Crippen MR) is 66.8 cm³/mol. The number of rotatable bonds is 1. The topological polar surface area (TPSA) is 80.0 Å². The lowest BCUT2D eigenvalue weighted by Crippen LogP contribution is -2.43. The zero-order valence-corrected chi connectivity index (χ0v) is 9.43. The van der Waals surface area contributed by atoms with Crippen molar-refractivity contribution in [3.05, 3.63) is 18.5 Å². The largest absolute Gasteiger partial charge is 0.382 e. The van der Waals surface area contributed by atoms with Crippen LogP contribution in [-0.4, -0.2) is 41.1 Å². The maximum absolute atomic E-state index is 5.91. The molecule has 88 valence electrons. The molecule has 0 spiro atoms. The summed E-state index contributed by atoms with van der Waals surface area (Å²) in [7, 11) is 0. The van der Waals surface area contributed by atoms with E-state index in [-0.39, 0.29) is 0 Å². The van der Waals surface area contributed by atoms with Gasteiger partial charge in [-0.25, -0.2) is 9.97 Å². The van der Waals surface area contributed by atoms with Crippen LogP contribution < -0.4 is 16.0 Å². The Bertz CT molecular complexity index is 534. The van der Waals surface area contributed by atoms with Gasteiger partial charge in [0.25, 0.3) is 0 Å². The average Bonchev–Trinajstić information content (AvgIpc) is 2.40. The minimum atomic E-state index is 0.448. The summed E-state index contributed by atoms with van der Waals surface area (Å²) in [6.45, 7) is 3.83. The Morgan fingerprint density at radius 2 is 1.94 bits per heavy atom. The maximum atomic E-state index is 5.91. The highest BCUT2D eigenvalue weighted by Crippen LogP contribution is 2.21. The minimum absolute atomic E-state index is 0.448. The SMILES string of the molecule is Nc1nc(N2CCNCC2)cc2nccnc12. The fourth-order valence-corrected chi connectivity index (χ4v) is 2.04. The maximum Gasteiger partial charge on any atom is 0.154 e. The summed E-state index contributed by atoms with van der Waals surface area (Å²) in [5, 5.41) is 3.31. The van der Waals surface area contributed by atoms with E-state index in [9.17, 15) is 0 Å². The summed E-state index contributed by atoms with van der Waals surface area (Å²) in [6.07, 6.45) is 3.30. The predicted octanol–water partition coefficient (Wildman–Crippen LogP) is 0.0166. The van der Waals surface area contributed by atoms with Gasteiger partial charge in [0.2, 0.25) is 0 Å². The first kappa shape index (κ1) is 10.2. The Balaban J connectivity index is 2.05. The average molecular weight is 230 g/mol. The van der Waals surface area contributed by atoms with Crippen molar-refractivity contribution >= 4 is 22.7 Å². The van der Waals surface area contributed by atoms with Gasteiger partial charge in [0, 0.05) is 44.6 Å². The number of nitrogens with two attached hydrogens (primary N) is 1. The molecule has 0 amide bonds. The third kappa shape index (κ3) is 1.87. The molecular formula is C11H14N6. The van der Waals surface area contributed by atoms with E-state index in [2.05, 4.69) is 25.2 Å². The smallest absolute Gasteiger partial charge is 0.154 e. The Morgan fingerprint density at radius 3 is 2.76 bits per heavy atom. The molecule has 1 aliphatic heterocycles. The second-order valence-corrected chi connectivity index (χ2v) is 4.03. The number of piperazine rings is 1.